The summed E-state index contributed by atoms with van der Waals surface area (Å²) in [4.78, 5) is 8.36. The van der Waals surface area contributed by atoms with Crippen molar-refractivity contribution in [1.82, 2.24) is 19.7 Å². The van der Waals surface area contributed by atoms with Gasteiger partial charge in [-0.05, 0) is 17.7 Å². The quantitative estimate of drug-likeness (QED) is 0.692. The first kappa shape index (κ1) is 14.1. The van der Waals surface area contributed by atoms with Crippen LogP contribution in [0.15, 0.2) is 41.4 Å². The van der Waals surface area contributed by atoms with E-state index in [0.29, 0.717) is 36.2 Å². The molecule has 2 aromatic heterocycles. The van der Waals surface area contributed by atoms with E-state index >= 15 is 0 Å². The Hall–Kier alpha value is -2.83. The van der Waals surface area contributed by atoms with Gasteiger partial charge in [-0.25, -0.2) is 4.98 Å². The van der Waals surface area contributed by atoms with Crippen LogP contribution in [0.25, 0.3) is 0 Å². The predicted octanol–water partition coefficient (Wildman–Crippen LogP) is 1.92. The molecule has 0 fully saturated rings. The third-order valence-corrected chi connectivity index (χ3v) is 3.20. The molecule has 0 amide bonds. The molecule has 7 heteroatoms. The van der Waals surface area contributed by atoms with Crippen LogP contribution in [0.3, 0.4) is 0 Å². The molecule has 0 aliphatic rings. The van der Waals surface area contributed by atoms with Gasteiger partial charge >= 0.3 is 0 Å². The Bertz CT molecular complexity index is 737. The van der Waals surface area contributed by atoms with Crippen LogP contribution in [0.4, 0.5) is 0 Å². The zero-order valence-electron chi connectivity index (χ0n) is 12.4. The summed E-state index contributed by atoms with van der Waals surface area (Å²) in [6.07, 6.45) is 5.82. The highest BCUT2D eigenvalue weighted by Gasteiger charge is 2.10. The van der Waals surface area contributed by atoms with Gasteiger partial charge in [0.2, 0.25) is 5.89 Å². The van der Waals surface area contributed by atoms with Gasteiger partial charge in [-0.1, -0.05) is 11.2 Å². The molecular formula is C15H16N4O3. The molecule has 22 heavy (non-hydrogen) atoms. The number of hydrogen-bond donors (Lipinski definition) is 0. The van der Waals surface area contributed by atoms with E-state index in [0.717, 1.165) is 5.56 Å². The fraction of sp³-hybridized carbons (Fsp3) is 0.267. The largest absolute Gasteiger partial charge is 0.493 e. The predicted molar refractivity (Wildman–Crippen MR) is 78.0 cm³/mol. The standard InChI is InChI=1S/C15H16N4O3/c1-20-12-4-3-11(7-13(12)21-2)8-15-17-14(18-22-15)9-19-6-5-16-10-19/h3-7,10H,8-9H2,1-2H3. The second kappa shape index (κ2) is 6.30. The van der Waals surface area contributed by atoms with Gasteiger partial charge in [0.05, 0.1) is 33.5 Å². The second-order valence-electron chi connectivity index (χ2n) is 4.71. The van der Waals surface area contributed by atoms with Crippen LogP contribution < -0.4 is 9.47 Å². The lowest BCUT2D eigenvalue weighted by Gasteiger charge is -2.08. The number of methoxy groups -OCH3 is 2. The Labute approximate surface area is 127 Å². The first-order valence-electron chi connectivity index (χ1n) is 6.76. The number of nitrogens with zero attached hydrogens (tertiary/aromatic N) is 4. The molecule has 0 N–H and O–H groups in total. The van der Waals surface area contributed by atoms with Gasteiger partial charge in [0.15, 0.2) is 17.3 Å². The Kier molecular flexibility index (Phi) is 4.04. The van der Waals surface area contributed by atoms with Crippen molar-refractivity contribution in [3.05, 3.63) is 54.2 Å². The fourth-order valence-electron chi connectivity index (χ4n) is 2.13. The number of hydrogen-bond acceptors (Lipinski definition) is 6. The monoisotopic (exact) mass is 300 g/mol. The molecule has 0 atom stereocenters. The van der Waals surface area contributed by atoms with Crippen LogP contribution in [0, 0.1) is 0 Å². The summed E-state index contributed by atoms with van der Waals surface area (Å²) in [5.74, 6) is 2.55. The molecule has 3 aromatic rings. The third kappa shape index (κ3) is 3.08. The Morgan fingerprint density at radius 2 is 2.05 bits per heavy atom. The summed E-state index contributed by atoms with van der Waals surface area (Å²) >= 11 is 0. The zero-order chi connectivity index (χ0) is 15.4. The van der Waals surface area contributed by atoms with E-state index in [1.807, 2.05) is 29.0 Å². The number of benzene rings is 1. The van der Waals surface area contributed by atoms with Crippen molar-refractivity contribution in [3.8, 4) is 11.5 Å². The second-order valence-corrected chi connectivity index (χ2v) is 4.71. The zero-order valence-corrected chi connectivity index (χ0v) is 12.4. The molecule has 0 bridgehead atoms. The molecule has 1 aromatic carbocycles. The van der Waals surface area contributed by atoms with Crippen molar-refractivity contribution in [2.24, 2.45) is 0 Å². The van der Waals surface area contributed by atoms with Crippen molar-refractivity contribution in [2.45, 2.75) is 13.0 Å². The maximum absolute atomic E-state index is 5.29. The van der Waals surface area contributed by atoms with Crippen LogP contribution in [0.5, 0.6) is 11.5 Å². The molecule has 3 rings (SSSR count). The molecule has 2 heterocycles. The number of imidazole rings is 1. The van der Waals surface area contributed by atoms with Gasteiger partial charge < -0.3 is 18.6 Å². The number of aromatic nitrogens is 4. The molecule has 0 aliphatic heterocycles. The van der Waals surface area contributed by atoms with E-state index in [1.54, 1.807) is 26.7 Å². The van der Waals surface area contributed by atoms with Crippen LogP contribution in [0.2, 0.25) is 0 Å². The summed E-state index contributed by atoms with van der Waals surface area (Å²) in [7, 11) is 3.22. The highest BCUT2D eigenvalue weighted by Crippen LogP contribution is 2.28. The van der Waals surface area contributed by atoms with Gasteiger partial charge in [-0.15, -0.1) is 0 Å². The molecule has 0 saturated heterocycles. The molecule has 0 unspecified atom stereocenters. The Morgan fingerprint density at radius 1 is 1.18 bits per heavy atom. The van der Waals surface area contributed by atoms with E-state index in [-0.39, 0.29) is 0 Å². The third-order valence-electron chi connectivity index (χ3n) is 3.20. The fourth-order valence-corrected chi connectivity index (χ4v) is 2.13. The van der Waals surface area contributed by atoms with E-state index in [9.17, 15) is 0 Å². The lowest BCUT2D eigenvalue weighted by atomic mass is 10.1. The van der Waals surface area contributed by atoms with Crippen molar-refractivity contribution in [3.63, 3.8) is 0 Å². The van der Waals surface area contributed by atoms with Crippen molar-refractivity contribution >= 4 is 0 Å². The van der Waals surface area contributed by atoms with E-state index in [2.05, 4.69) is 15.1 Å². The normalized spacial score (nSPS) is 10.6. The van der Waals surface area contributed by atoms with E-state index in [4.69, 9.17) is 14.0 Å². The van der Waals surface area contributed by atoms with E-state index in [1.165, 1.54) is 0 Å². The average molecular weight is 300 g/mol. The Morgan fingerprint density at radius 3 is 2.77 bits per heavy atom. The first-order valence-corrected chi connectivity index (χ1v) is 6.76. The summed E-state index contributed by atoms with van der Waals surface area (Å²) in [6.45, 7) is 0.537. The summed E-state index contributed by atoms with van der Waals surface area (Å²) in [5.41, 5.74) is 1.01. The molecule has 0 radical (unpaired) electrons. The van der Waals surface area contributed by atoms with Gasteiger partial charge in [-0.3, -0.25) is 0 Å². The van der Waals surface area contributed by atoms with Crippen molar-refractivity contribution < 1.29 is 14.0 Å². The van der Waals surface area contributed by atoms with Crippen LogP contribution >= 0.6 is 0 Å². The highest BCUT2D eigenvalue weighted by molar-refractivity contribution is 5.43. The summed E-state index contributed by atoms with van der Waals surface area (Å²) < 4.78 is 17.7. The SMILES string of the molecule is COc1ccc(Cc2nc(Cn3ccnc3)no2)cc1OC. The van der Waals surface area contributed by atoms with Crippen LogP contribution in [0.1, 0.15) is 17.3 Å². The lowest BCUT2D eigenvalue weighted by molar-refractivity contribution is 0.354. The topological polar surface area (TPSA) is 75.2 Å². The van der Waals surface area contributed by atoms with Gasteiger partial charge in [0, 0.05) is 12.4 Å². The van der Waals surface area contributed by atoms with Crippen LogP contribution in [-0.2, 0) is 13.0 Å². The minimum Gasteiger partial charge on any atom is -0.493 e. The Balaban J connectivity index is 1.72. The maximum Gasteiger partial charge on any atom is 0.231 e. The average Bonchev–Trinajstić information content (AvgIpc) is 3.20. The van der Waals surface area contributed by atoms with Gasteiger partial charge in [0.1, 0.15) is 0 Å². The maximum atomic E-state index is 5.29. The van der Waals surface area contributed by atoms with Crippen LogP contribution in [-0.4, -0.2) is 33.9 Å². The molecule has 7 nitrogen and oxygen atoms in total. The number of rotatable bonds is 6. The van der Waals surface area contributed by atoms with Crippen molar-refractivity contribution in [1.29, 1.82) is 0 Å². The molecular weight excluding hydrogens is 284 g/mol. The molecule has 0 spiro atoms. The lowest BCUT2D eigenvalue weighted by Crippen LogP contribution is -1.99. The summed E-state index contributed by atoms with van der Waals surface area (Å²) in [6, 6.07) is 5.70. The highest BCUT2D eigenvalue weighted by atomic mass is 16.5. The minimum absolute atomic E-state index is 0.537. The molecule has 0 saturated carbocycles. The van der Waals surface area contributed by atoms with E-state index < -0.39 is 0 Å². The molecule has 114 valence electrons. The van der Waals surface area contributed by atoms with Gasteiger partial charge in [0.25, 0.3) is 0 Å². The number of ether oxygens (including phenoxy) is 2. The smallest absolute Gasteiger partial charge is 0.231 e. The first-order chi connectivity index (χ1) is 10.8. The molecule has 0 aliphatic carbocycles. The minimum atomic E-state index is 0.537. The van der Waals surface area contributed by atoms with Crippen molar-refractivity contribution in [2.75, 3.05) is 14.2 Å². The summed E-state index contributed by atoms with van der Waals surface area (Å²) in [5, 5.41) is 3.97. The van der Waals surface area contributed by atoms with Gasteiger partial charge in [-0.2, -0.15) is 4.98 Å².